The van der Waals surface area contributed by atoms with Crippen molar-refractivity contribution in [2.45, 2.75) is 40.8 Å². The Hall–Kier alpha value is -7.21. The Morgan fingerprint density at radius 1 is 0.679 bits per heavy atom. The summed E-state index contributed by atoms with van der Waals surface area (Å²) in [7, 11) is 0. The molecule has 1 amide bonds. The molecule has 2 aromatic carbocycles. The number of nitrogen functional groups attached to an aromatic ring is 1. The zero-order valence-corrected chi connectivity index (χ0v) is 30.9. The minimum absolute atomic E-state index is 0.0826. The minimum atomic E-state index is -4.45. The molecule has 290 valence electrons. The van der Waals surface area contributed by atoms with Gasteiger partial charge in [-0.2, -0.15) is 13.2 Å². The lowest BCUT2D eigenvalue weighted by Crippen LogP contribution is -2.28. The summed E-state index contributed by atoms with van der Waals surface area (Å²) in [6, 6.07) is 17.1. The van der Waals surface area contributed by atoms with Crippen molar-refractivity contribution in [3.8, 4) is 22.8 Å². The van der Waals surface area contributed by atoms with E-state index in [0.29, 0.717) is 23.0 Å². The Bertz CT molecular complexity index is 2280. The van der Waals surface area contributed by atoms with Gasteiger partial charge in [0.05, 0.1) is 5.56 Å². The highest BCUT2D eigenvalue weighted by Gasteiger charge is 2.31. The van der Waals surface area contributed by atoms with Gasteiger partial charge in [-0.15, -0.1) is 10.2 Å². The SMILES string of the molecule is Cc1cc(-c2ncn(/C=C\C(=O)O)n2)cc(C(F)(F)F)c1.Cc1ccc(NN)nc1.Cc1ccc(NNC(=O)/C=C\n2cnc(-c3cc(C)cc(C)c3)n2)nc1. The number of hydrogen-bond acceptors (Lipinski definition) is 11. The molecule has 0 saturated carbocycles. The molecule has 0 unspecified atom stereocenters. The van der Waals surface area contributed by atoms with Gasteiger partial charge in [-0.3, -0.25) is 15.6 Å². The van der Waals surface area contributed by atoms with Crippen LogP contribution in [0.1, 0.15) is 33.4 Å². The lowest BCUT2D eigenvalue weighted by Gasteiger charge is -2.09. The Morgan fingerprint density at radius 2 is 1.18 bits per heavy atom. The molecule has 6 N–H and O–H groups in total. The van der Waals surface area contributed by atoms with Crippen molar-refractivity contribution in [3.05, 3.63) is 131 Å². The maximum Gasteiger partial charge on any atom is 0.416 e. The number of carbonyl (C=O) groups excluding carboxylic acids is 1. The van der Waals surface area contributed by atoms with E-state index in [1.165, 1.54) is 23.2 Å². The van der Waals surface area contributed by atoms with E-state index in [9.17, 15) is 22.8 Å². The molecule has 0 atom stereocenters. The van der Waals surface area contributed by atoms with Crippen molar-refractivity contribution >= 4 is 35.9 Å². The molecule has 0 spiro atoms. The van der Waals surface area contributed by atoms with E-state index in [-0.39, 0.29) is 17.3 Å². The zero-order valence-electron chi connectivity index (χ0n) is 30.9. The number of aromatic nitrogens is 8. The fourth-order valence-corrected chi connectivity index (χ4v) is 4.68. The first-order valence-electron chi connectivity index (χ1n) is 16.7. The summed E-state index contributed by atoms with van der Waals surface area (Å²) >= 11 is 0. The summed E-state index contributed by atoms with van der Waals surface area (Å²) in [5.41, 5.74) is 13.0. The van der Waals surface area contributed by atoms with Gasteiger partial charge in [0.1, 0.15) is 24.3 Å². The molecule has 4 aromatic heterocycles. The first kappa shape index (κ1) is 41.5. The van der Waals surface area contributed by atoms with Crippen molar-refractivity contribution < 1.29 is 27.9 Å². The number of halogens is 3. The highest BCUT2D eigenvalue weighted by Crippen LogP contribution is 2.32. The molecule has 56 heavy (non-hydrogen) atoms. The molecule has 15 nitrogen and oxygen atoms in total. The van der Waals surface area contributed by atoms with Gasteiger partial charge in [-0.05, 0) is 93.8 Å². The van der Waals surface area contributed by atoms with E-state index in [1.54, 1.807) is 37.9 Å². The third kappa shape index (κ3) is 13.3. The second kappa shape index (κ2) is 19.2. The Balaban J connectivity index is 0.000000207. The largest absolute Gasteiger partial charge is 0.478 e. The third-order valence-corrected chi connectivity index (χ3v) is 7.19. The summed E-state index contributed by atoms with van der Waals surface area (Å²) in [6.45, 7) is 9.54. The predicted octanol–water partition coefficient (Wildman–Crippen LogP) is 6.38. The summed E-state index contributed by atoms with van der Waals surface area (Å²) in [5, 5.41) is 16.8. The smallest absolute Gasteiger partial charge is 0.416 e. The van der Waals surface area contributed by atoms with Crippen LogP contribution in [0.3, 0.4) is 0 Å². The molecule has 0 aliphatic carbocycles. The second-order valence-corrected chi connectivity index (χ2v) is 12.2. The van der Waals surface area contributed by atoms with Crippen LogP contribution in [-0.2, 0) is 15.8 Å². The molecule has 0 aliphatic heterocycles. The second-order valence-electron chi connectivity index (χ2n) is 12.2. The Labute approximate surface area is 319 Å². The van der Waals surface area contributed by atoms with Crippen LogP contribution in [0.5, 0.6) is 0 Å². The molecule has 6 aromatic rings. The quantitative estimate of drug-likeness (QED) is 0.0618. The molecule has 18 heteroatoms. The van der Waals surface area contributed by atoms with E-state index in [1.807, 2.05) is 58.0 Å². The van der Waals surface area contributed by atoms with Gasteiger partial charge in [0.15, 0.2) is 11.6 Å². The predicted molar refractivity (Wildman–Crippen MR) is 206 cm³/mol. The fourth-order valence-electron chi connectivity index (χ4n) is 4.68. The number of aliphatic carboxylic acids is 1. The average molecular weight is 769 g/mol. The van der Waals surface area contributed by atoms with Crippen LogP contribution in [-0.4, -0.2) is 56.5 Å². The van der Waals surface area contributed by atoms with Gasteiger partial charge in [-0.1, -0.05) is 29.3 Å². The van der Waals surface area contributed by atoms with Crippen LogP contribution in [0.25, 0.3) is 35.2 Å². The van der Waals surface area contributed by atoms with Crippen molar-refractivity contribution in [2.24, 2.45) is 5.84 Å². The van der Waals surface area contributed by atoms with Crippen LogP contribution < -0.4 is 22.1 Å². The number of nitrogens with one attached hydrogen (secondary N) is 3. The van der Waals surface area contributed by atoms with Crippen LogP contribution in [0.4, 0.5) is 24.8 Å². The molecule has 4 heterocycles. The number of pyridine rings is 2. The zero-order chi connectivity index (χ0) is 40.8. The third-order valence-electron chi connectivity index (χ3n) is 7.19. The number of anilines is 2. The van der Waals surface area contributed by atoms with Crippen molar-refractivity contribution in [1.82, 2.24) is 44.9 Å². The van der Waals surface area contributed by atoms with Crippen molar-refractivity contribution in [3.63, 3.8) is 0 Å². The maximum atomic E-state index is 12.8. The molecule has 0 bridgehead atoms. The number of amides is 1. The highest BCUT2D eigenvalue weighted by atomic mass is 19.4. The average Bonchev–Trinajstić information content (AvgIpc) is 3.83. The normalized spacial score (nSPS) is 11.0. The topological polar surface area (TPSA) is 204 Å². The molecule has 0 fully saturated rings. The van der Waals surface area contributed by atoms with Gasteiger partial charge < -0.3 is 10.5 Å². The van der Waals surface area contributed by atoms with Gasteiger partial charge >= 0.3 is 12.1 Å². The minimum Gasteiger partial charge on any atom is -0.478 e. The van der Waals surface area contributed by atoms with Gasteiger partial charge in [-0.25, -0.2) is 39.9 Å². The molecular weight excluding hydrogens is 729 g/mol. The van der Waals surface area contributed by atoms with E-state index in [0.717, 1.165) is 56.9 Å². The summed E-state index contributed by atoms with van der Waals surface area (Å²) < 4.78 is 40.9. The van der Waals surface area contributed by atoms with E-state index < -0.39 is 17.7 Å². The Kier molecular flexibility index (Phi) is 14.3. The van der Waals surface area contributed by atoms with Crippen LogP contribution in [0.15, 0.2) is 97.9 Å². The fraction of sp³-hybridized carbons (Fsp3) is 0.158. The van der Waals surface area contributed by atoms with E-state index in [2.05, 4.69) is 52.5 Å². The first-order chi connectivity index (χ1) is 26.6. The number of nitrogens with zero attached hydrogens (tertiary/aromatic N) is 8. The number of nitrogens with two attached hydrogens (primary N) is 1. The summed E-state index contributed by atoms with van der Waals surface area (Å²) in [5.74, 6) is 5.56. The number of carboxylic acid groups (broad SMARTS) is 1. The molecule has 6 rings (SSSR count). The van der Waals surface area contributed by atoms with Crippen LogP contribution in [0, 0.1) is 34.6 Å². The molecule has 0 saturated heterocycles. The standard InChI is InChI=1S/C19H20N6O.C13H10F3N3O2.C6H9N3/c1-13-4-5-17(20-11-13)22-23-18(26)6-7-25-12-21-19(24-25)16-9-14(2)8-15(3)10-16;1-8-4-9(6-10(5-8)13(14,15)16)12-17-7-19(18-12)3-2-11(20)21;1-5-2-3-6(9-7)8-4-5/h4-12H,1-3H3,(H,20,22)(H,23,26);2-7H,1H3,(H,20,21);2-4H,7H2,1H3,(H,8,9)/b7-6-;3-2-;. The molecule has 0 radical (unpaired) electrons. The Morgan fingerprint density at radius 3 is 1.66 bits per heavy atom. The number of hydrazine groups is 2. The number of rotatable bonds is 9. The number of aryl methyl sites for hydroxylation is 5. The van der Waals surface area contributed by atoms with Gasteiger partial charge in [0, 0.05) is 48.1 Å². The van der Waals surface area contributed by atoms with Crippen molar-refractivity contribution in [1.29, 1.82) is 0 Å². The summed E-state index contributed by atoms with van der Waals surface area (Å²) in [6.07, 6.45) is 6.68. The number of benzene rings is 2. The number of carboxylic acids is 1. The van der Waals surface area contributed by atoms with Crippen LogP contribution in [0.2, 0.25) is 0 Å². The van der Waals surface area contributed by atoms with Crippen LogP contribution >= 0.6 is 0 Å². The van der Waals surface area contributed by atoms with Gasteiger partial charge in [0.2, 0.25) is 0 Å². The monoisotopic (exact) mass is 768 g/mol. The summed E-state index contributed by atoms with van der Waals surface area (Å²) in [4.78, 5) is 38.5. The first-order valence-corrected chi connectivity index (χ1v) is 16.7. The van der Waals surface area contributed by atoms with E-state index in [4.69, 9.17) is 10.9 Å². The molecule has 0 aliphatic rings. The lowest BCUT2D eigenvalue weighted by atomic mass is 10.1. The highest BCUT2D eigenvalue weighted by molar-refractivity contribution is 5.90. The lowest BCUT2D eigenvalue weighted by molar-refractivity contribution is -0.137. The number of hydrogen-bond donors (Lipinski definition) is 5. The van der Waals surface area contributed by atoms with Crippen molar-refractivity contribution in [2.75, 3.05) is 10.9 Å². The van der Waals surface area contributed by atoms with E-state index >= 15 is 0 Å². The van der Waals surface area contributed by atoms with Gasteiger partial charge in [0.25, 0.3) is 5.91 Å². The number of carbonyl (C=O) groups is 2. The maximum absolute atomic E-state index is 12.8. The number of alkyl halides is 3. The molecular formula is C38H39F3N12O3.